The third kappa shape index (κ3) is 2.96. The Bertz CT molecular complexity index is 141. The van der Waals surface area contributed by atoms with Crippen molar-refractivity contribution in [3.8, 4) is 0 Å². The van der Waals surface area contributed by atoms with E-state index < -0.39 is 0 Å². The molecule has 1 unspecified atom stereocenters. The van der Waals surface area contributed by atoms with Gasteiger partial charge in [0.1, 0.15) is 0 Å². The lowest BCUT2D eigenvalue weighted by Crippen LogP contribution is -2.47. The number of nitrogens with one attached hydrogen (secondary N) is 1. The van der Waals surface area contributed by atoms with E-state index in [9.17, 15) is 0 Å². The molecule has 1 rings (SSSR count). The minimum absolute atomic E-state index is 0.644. The molecule has 1 atom stereocenters. The molecule has 2 heteroatoms. The van der Waals surface area contributed by atoms with Crippen LogP contribution in [-0.2, 0) is 0 Å². The molecule has 1 fully saturated rings. The molecule has 0 saturated heterocycles. The highest BCUT2D eigenvalue weighted by atomic mass is 15.2. The molecule has 1 N–H and O–H groups in total. The maximum Gasteiger partial charge on any atom is 0.0214 e. The van der Waals surface area contributed by atoms with Gasteiger partial charge in [0.05, 0.1) is 0 Å². The van der Waals surface area contributed by atoms with Crippen LogP contribution in [0.5, 0.6) is 0 Å². The average molecular weight is 184 g/mol. The fraction of sp³-hybridized carbons (Fsp3) is 1.00. The summed E-state index contributed by atoms with van der Waals surface area (Å²) in [5.41, 5.74) is 0. The standard InChI is InChI=1S/C11H24N2/c1-9(2)11(12-3)8-13(4)10-6-5-7-10/h9-12H,5-8H2,1-4H3. The third-order valence-corrected chi connectivity index (χ3v) is 3.36. The predicted molar refractivity (Wildman–Crippen MR) is 58.0 cm³/mol. The Morgan fingerprint density at radius 1 is 1.38 bits per heavy atom. The summed E-state index contributed by atoms with van der Waals surface area (Å²) in [6.45, 7) is 5.77. The Kier molecular flexibility index (Phi) is 4.20. The van der Waals surface area contributed by atoms with Crippen LogP contribution < -0.4 is 5.32 Å². The van der Waals surface area contributed by atoms with Crippen molar-refractivity contribution in [3.63, 3.8) is 0 Å². The van der Waals surface area contributed by atoms with Gasteiger partial charge < -0.3 is 10.2 Å². The van der Waals surface area contributed by atoms with E-state index in [4.69, 9.17) is 0 Å². The Labute approximate surface area is 82.7 Å². The van der Waals surface area contributed by atoms with Gasteiger partial charge in [0.15, 0.2) is 0 Å². The van der Waals surface area contributed by atoms with Crippen LogP contribution in [0.3, 0.4) is 0 Å². The van der Waals surface area contributed by atoms with Crippen molar-refractivity contribution in [1.29, 1.82) is 0 Å². The number of hydrogen-bond acceptors (Lipinski definition) is 2. The first-order valence-corrected chi connectivity index (χ1v) is 5.52. The van der Waals surface area contributed by atoms with Gasteiger partial charge in [0.2, 0.25) is 0 Å². The van der Waals surface area contributed by atoms with Gasteiger partial charge in [0.25, 0.3) is 0 Å². The van der Waals surface area contributed by atoms with Gasteiger partial charge in [-0.15, -0.1) is 0 Å². The minimum atomic E-state index is 0.644. The van der Waals surface area contributed by atoms with Crippen molar-refractivity contribution in [2.75, 3.05) is 20.6 Å². The van der Waals surface area contributed by atoms with E-state index in [2.05, 4.69) is 38.2 Å². The monoisotopic (exact) mass is 184 g/mol. The van der Waals surface area contributed by atoms with E-state index in [0.717, 1.165) is 12.0 Å². The molecule has 0 heterocycles. The summed E-state index contributed by atoms with van der Waals surface area (Å²) in [6, 6.07) is 1.51. The molecule has 0 aromatic rings. The largest absolute Gasteiger partial charge is 0.315 e. The van der Waals surface area contributed by atoms with E-state index in [1.54, 1.807) is 0 Å². The SMILES string of the molecule is CNC(CN(C)C1CCC1)C(C)C. The highest BCUT2D eigenvalue weighted by Gasteiger charge is 2.24. The lowest BCUT2D eigenvalue weighted by atomic mass is 9.91. The van der Waals surface area contributed by atoms with Gasteiger partial charge in [-0.05, 0) is 32.9 Å². The summed E-state index contributed by atoms with van der Waals surface area (Å²) in [5.74, 6) is 0.729. The summed E-state index contributed by atoms with van der Waals surface area (Å²) in [6.07, 6.45) is 4.25. The van der Waals surface area contributed by atoms with E-state index in [1.807, 2.05) is 0 Å². The molecular weight excluding hydrogens is 160 g/mol. The Balaban J connectivity index is 2.27. The molecule has 1 saturated carbocycles. The van der Waals surface area contributed by atoms with Crippen molar-refractivity contribution in [2.45, 2.75) is 45.2 Å². The van der Waals surface area contributed by atoms with Gasteiger partial charge in [-0.25, -0.2) is 0 Å². The molecule has 0 aromatic heterocycles. The van der Waals surface area contributed by atoms with Gasteiger partial charge in [0, 0.05) is 18.6 Å². The first-order valence-electron chi connectivity index (χ1n) is 5.52. The van der Waals surface area contributed by atoms with E-state index in [-0.39, 0.29) is 0 Å². The van der Waals surface area contributed by atoms with E-state index in [0.29, 0.717) is 6.04 Å². The zero-order valence-corrected chi connectivity index (χ0v) is 9.51. The van der Waals surface area contributed by atoms with Crippen molar-refractivity contribution in [2.24, 2.45) is 5.92 Å². The van der Waals surface area contributed by atoms with Crippen LogP contribution in [-0.4, -0.2) is 37.6 Å². The van der Waals surface area contributed by atoms with Crippen molar-refractivity contribution in [1.82, 2.24) is 10.2 Å². The lowest BCUT2D eigenvalue weighted by molar-refractivity contribution is 0.137. The molecule has 0 radical (unpaired) electrons. The molecule has 0 spiro atoms. The van der Waals surface area contributed by atoms with Crippen LogP contribution in [0.2, 0.25) is 0 Å². The van der Waals surface area contributed by atoms with E-state index in [1.165, 1.54) is 25.8 Å². The van der Waals surface area contributed by atoms with Crippen molar-refractivity contribution in [3.05, 3.63) is 0 Å². The van der Waals surface area contributed by atoms with Gasteiger partial charge >= 0.3 is 0 Å². The number of likely N-dealkylation sites (N-methyl/N-ethyl adjacent to an activating group) is 2. The zero-order chi connectivity index (χ0) is 9.84. The van der Waals surface area contributed by atoms with Gasteiger partial charge in [-0.3, -0.25) is 0 Å². The van der Waals surface area contributed by atoms with Crippen LogP contribution in [0, 0.1) is 5.92 Å². The molecule has 0 aromatic carbocycles. The second-order valence-corrected chi connectivity index (χ2v) is 4.66. The Morgan fingerprint density at radius 3 is 2.31 bits per heavy atom. The molecule has 1 aliphatic rings. The van der Waals surface area contributed by atoms with Crippen LogP contribution in [0.1, 0.15) is 33.1 Å². The normalized spacial score (nSPS) is 20.8. The van der Waals surface area contributed by atoms with Crippen LogP contribution >= 0.6 is 0 Å². The summed E-state index contributed by atoms with van der Waals surface area (Å²) in [5, 5.41) is 3.39. The van der Waals surface area contributed by atoms with Gasteiger partial charge in [-0.2, -0.15) is 0 Å². The number of nitrogens with zero attached hydrogens (tertiary/aromatic N) is 1. The second-order valence-electron chi connectivity index (χ2n) is 4.66. The van der Waals surface area contributed by atoms with Crippen LogP contribution in [0.15, 0.2) is 0 Å². The highest BCUT2D eigenvalue weighted by Crippen LogP contribution is 2.23. The number of hydrogen-bond donors (Lipinski definition) is 1. The molecule has 0 bridgehead atoms. The molecule has 1 aliphatic carbocycles. The molecule has 13 heavy (non-hydrogen) atoms. The first-order chi connectivity index (χ1) is 6.15. The van der Waals surface area contributed by atoms with E-state index >= 15 is 0 Å². The topological polar surface area (TPSA) is 15.3 Å². The number of rotatable bonds is 5. The second kappa shape index (κ2) is 4.97. The Morgan fingerprint density at radius 2 is 2.00 bits per heavy atom. The molecule has 0 amide bonds. The fourth-order valence-electron chi connectivity index (χ4n) is 1.92. The summed E-state index contributed by atoms with van der Waals surface area (Å²) in [4.78, 5) is 2.52. The third-order valence-electron chi connectivity index (χ3n) is 3.36. The predicted octanol–water partition coefficient (Wildman–Crippen LogP) is 1.71. The highest BCUT2D eigenvalue weighted by molar-refractivity contribution is 4.81. The first kappa shape index (κ1) is 11.0. The quantitative estimate of drug-likeness (QED) is 0.700. The smallest absolute Gasteiger partial charge is 0.0214 e. The summed E-state index contributed by atoms with van der Waals surface area (Å²) < 4.78 is 0. The maximum absolute atomic E-state index is 3.39. The van der Waals surface area contributed by atoms with Gasteiger partial charge in [-0.1, -0.05) is 20.3 Å². The fourth-order valence-corrected chi connectivity index (χ4v) is 1.92. The molecular formula is C11H24N2. The maximum atomic E-state index is 3.39. The zero-order valence-electron chi connectivity index (χ0n) is 9.51. The average Bonchev–Trinajstić information content (AvgIpc) is 1.96. The van der Waals surface area contributed by atoms with Crippen LogP contribution in [0.4, 0.5) is 0 Å². The molecule has 0 aliphatic heterocycles. The Hall–Kier alpha value is -0.0800. The summed E-state index contributed by atoms with van der Waals surface area (Å²) in [7, 11) is 4.33. The molecule has 78 valence electrons. The van der Waals surface area contributed by atoms with Crippen molar-refractivity contribution < 1.29 is 0 Å². The minimum Gasteiger partial charge on any atom is -0.315 e. The van der Waals surface area contributed by atoms with Crippen molar-refractivity contribution >= 4 is 0 Å². The summed E-state index contributed by atoms with van der Waals surface area (Å²) >= 11 is 0. The molecule has 2 nitrogen and oxygen atoms in total. The van der Waals surface area contributed by atoms with Crippen LogP contribution in [0.25, 0.3) is 0 Å². The lowest BCUT2D eigenvalue weighted by Gasteiger charge is -2.37.